The van der Waals surface area contributed by atoms with Gasteiger partial charge in [0.2, 0.25) is 0 Å². The number of esters is 1. The number of aliphatic hydroxyl groups excluding tert-OH is 1. The van der Waals surface area contributed by atoms with Crippen LogP contribution < -0.4 is 0 Å². The average Bonchev–Trinajstić information content (AvgIpc) is 2.59. The number of hydrogen-bond donors (Lipinski definition) is 1. The fourth-order valence-corrected chi connectivity index (χ4v) is 2.84. The van der Waals surface area contributed by atoms with Crippen molar-refractivity contribution < 1.29 is 14.6 Å². The van der Waals surface area contributed by atoms with Gasteiger partial charge >= 0.3 is 5.97 Å². The summed E-state index contributed by atoms with van der Waals surface area (Å²) in [4.78, 5) is 11.6. The Hall–Kier alpha value is -1.09. The van der Waals surface area contributed by atoms with Gasteiger partial charge in [-0.15, -0.1) is 6.58 Å². The van der Waals surface area contributed by atoms with Crippen LogP contribution in [0.4, 0.5) is 0 Å². The molecule has 1 aliphatic heterocycles. The van der Waals surface area contributed by atoms with E-state index in [1.165, 1.54) is 0 Å². The summed E-state index contributed by atoms with van der Waals surface area (Å²) >= 11 is 0. The summed E-state index contributed by atoms with van der Waals surface area (Å²) in [6.45, 7) is 3.77. The van der Waals surface area contributed by atoms with Crippen LogP contribution in [0.25, 0.3) is 0 Å². The van der Waals surface area contributed by atoms with E-state index in [9.17, 15) is 9.90 Å². The van der Waals surface area contributed by atoms with E-state index in [2.05, 4.69) is 18.7 Å². The van der Waals surface area contributed by atoms with Crippen LogP contribution >= 0.6 is 0 Å². The largest absolute Gasteiger partial charge is 0.462 e. The first-order valence-corrected chi connectivity index (χ1v) is 6.37. The van der Waals surface area contributed by atoms with Gasteiger partial charge in [-0.05, 0) is 19.3 Å². The average molecular weight is 252 g/mol. The van der Waals surface area contributed by atoms with Crippen molar-refractivity contribution in [3.05, 3.63) is 24.8 Å². The Morgan fingerprint density at radius 1 is 1.44 bits per heavy atom. The standard InChI is InChI=1S/C14H20O3.CH4/c1-2-10-11-7-5-3-4-6-8-14(16)17-13(11)9-12(10)15;/h2-3,5,10-13,15H,1,4,6-9H2;1H4/b5-3-;/t10-,11-,12-,13+;/m1./s1. The molecule has 1 heterocycles. The van der Waals surface area contributed by atoms with Gasteiger partial charge in [0, 0.05) is 24.7 Å². The summed E-state index contributed by atoms with van der Waals surface area (Å²) in [6.07, 6.45) is 9.13. The Labute approximate surface area is 110 Å². The molecular formula is C15H24O3. The van der Waals surface area contributed by atoms with E-state index >= 15 is 0 Å². The van der Waals surface area contributed by atoms with Gasteiger partial charge in [-0.1, -0.05) is 25.7 Å². The molecule has 1 N–H and O–H groups in total. The van der Waals surface area contributed by atoms with Crippen LogP contribution in [0.2, 0.25) is 0 Å². The summed E-state index contributed by atoms with van der Waals surface area (Å²) in [7, 11) is 0. The molecule has 1 saturated carbocycles. The van der Waals surface area contributed by atoms with Gasteiger partial charge in [-0.3, -0.25) is 4.79 Å². The third-order valence-electron chi connectivity index (χ3n) is 3.77. The maximum Gasteiger partial charge on any atom is 0.306 e. The molecule has 0 aromatic rings. The number of fused-ring (bicyclic) bond motifs is 1. The minimum atomic E-state index is -0.426. The van der Waals surface area contributed by atoms with Gasteiger partial charge in [0.15, 0.2) is 0 Å². The zero-order valence-corrected chi connectivity index (χ0v) is 10.0. The van der Waals surface area contributed by atoms with Crippen LogP contribution in [-0.4, -0.2) is 23.3 Å². The van der Waals surface area contributed by atoms with Gasteiger partial charge < -0.3 is 9.84 Å². The third-order valence-corrected chi connectivity index (χ3v) is 3.77. The molecule has 4 atom stereocenters. The minimum Gasteiger partial charge on any atom is -0.462 e. The molecule has 0 saturated heterocycles. The van der Waals surface area contributed by atoms with E-state index in [1.807, 2.05) is 0 Å². The molecule has 1 fully saturated rings. The maximum atomic E-state index is 11.6. The predicted molar refractivity (Wildman–Crippen MR) is 72.0 cm³/mol. The van der Waals surface area contributed by atoms with Crippen LogP contribution in [-0.2, 0) is 9.53 Å². The van der Waals surface area contributed by atoms with E-state index < -0.39 is 6.10 Å². The molecule has 102 valence electrons. The lowest BCUT2D eigenvalue weighted by Gasteiger charge is -2.22. The predicted octanol–water partition coefficient (Wildman–Crippen LogP) is 2.85. The Morgan fingerprint density at radius 2 is 2.22 bits per heavy atom. The molecule has 0 spiro atoms. The van der Waals surface area contributed by atoms with E-state index in [1.54, 1.807) is 6.08 Å². The van der Waals surface area contributed by atoms with Crippen LogP contribution in [0.1, 0.15) is 39.5 Å². The topological polar surface area (TPSA) is 46.5 Å². The number of aliphatic hydroxyl groups is 1. The second-order valence-electron chi connectivity index (χ2n) is 4.91. The normalized spacial score (nSPS) is 37.9. The first-order valence-electron chi connectivity index (χ1n) is 6.37. The van der Waals surface area contributed by atoms with E-state index in [4.69, 9.17) is 4.74 Å². The molecule has 0 bridgehead atoms. The van der Waals surface area contributed by atoms with Crippen molar-refractivity contribution in [2.24, 2.45) is 11.8 Å². The summed E-state index contributed by atoms with van der Waals surface area (Å²) in [6, 6.07) is 0. The van der Waals surface area contributed by atoms with Crippen LogP contribution in [0, 0.1) is 11.8 Å². The molecule has 2 aliphatic rings. The molecular weight excluding hydrogens is 228 g/mol. The van der Waals surface area contributed by atoms with Crippen LogP contribution in [0.5, 0.6) is 0 Å². The molecule has 1 aliphatic carbocycles. The van der Waals surface area contributed by atoms with Crippen LogP contribution in [0.15, 0.2) is 24.8 Å². The number of ether oxygens (including phenoxy) is 1. The Balaban J connectivity index is 0.00000162. The quantitative estimate of drug-likeness (QED) is 0.576. The van der Waals surface area contributed by atoms with E-state index in [-0.39, 0.29) is 31.3 Å². The lowest BCUT2D eigenvalue weighted by atomic mass is 9.90. The van der Waals surface area contributed by atoms with E-state index in [0.29, 0.717) is 12.8 Å². The van der Waals surface area contributed by atoms with Crippen molar-refractivity contribution in [2.75, 3.05) is 0 Å². The van der Waals surface area contributed by atoms with Crippen molar-refractivity contribution in [1.82, 2.24) is 0 Å². The van der Waals surface area contributed by atoms with Gasteiger partial charge in [0.05, 0.1) is 6.10 Å². The number of carbonyl (C=O) groups excluding carboxylic acids is 1. The second-order valence-corrected chi connectivity index (χ2v) is 4.91. The van der Waals surface area contributed by atoms with E-state index in [0.717, 1.165) is 19.3 Å². The first-order chi connectivity index (χ1) is 8.22. The van der Waals surface area contributed by atoms with Crippen molar-refractivity contribution in [3.8, 4) is 0 Å². The zero-order valence-electron chi connectivity index (χ0n) is 10.0. The second kappa shape index (κ2) is 6.74. The van der Waals surface area contributed by atoms with Crippen LogP contribution in [0.3, 0.4) is 0 Å². The highest BCUT2D eigenvalue weighted by atomic mass is 16.5. The number of rotatable bonds is 1. The monoisotopic (exact) mass is 252 g/mol. The van der Waals surface area contributed by atoms with Crippen molar-refractivity contribution in [3.63, 3.8) is 0 Å². The highest BCUT2D eigenvalue weighted by molar-refractivity contribution is 5.69. The highest BCUT2D eigenvalue weighted by Crippen LogP contribution is 2.38. The number of allylic oxidation sites excluding steroid dienone is 2. The van der Waals surface area contributed by atoms with Crippen molar-refractivity contribution in [2.45, 2.75) is 51.7 Å². The van der Waals surface area contributed by atoms with Crippen molar-refractivity contribution in [1.29, 1.82) is 0 Å². The van der Waals surface area contributed by atoms with Gasteiger partial charge in [0.25, 0.3) is 0 Å². The zero-order chi connectivity index (χ0) is 12.3. The maximum absolute atomic E-state index is 11.6. The SMILES string of the molecule is C.C=C[C@@H]1[C@H]2C/C=C\CCCC(=O)O[C@H]2C[C@H]1O. The molecule has 3 heteroatoms. The van der Waals surface area contributed by atoms with Gasteiger partial charge in [-0.25, -0.2) is 0 Å². The third kappa shape index (κ3) is 3.22. The van der Waals surface area contributed by atoms with Crippen molar-refractivity contribution >= 4 is 5.97 Å². The smallest absolute Gasteiger partial charge is 0.306 e. The molecule has 2 rings (SSSR count). The molecule has 18 heavy (non-hydrogen) atoms. The van der Waals surface area contributed by atoms with Gasteiger partial charge in [-0.2, -0.15) is 0 Å². The fraction of sp³-hybridized carbons (Fsp3) is 0.667. The van der Waals surface area contributed by atoms with Gasteiger partial charge in [0.1, 0.15) is 6.10 Å². The fourth-order valence-electron chi connectivity index (χ4n) is 2.84. The lowest BCUT2D eigenvalue weighted by molar-refractivity contribution is -0.151. The molecule has 3 nitrogen and oxygen atoms in total. The summed E-state index contributed by atoms with van der Waals surface area (Å²) in [5.41, 5.74) is 0. The number of carbonyl (C=O) groups is 1. The lowest BCUT2D eigenvalue weighted by Crippen LogP contribution is -2.25. The summed E-state index contributed by atoms with van der Waals surface area (Å²) in [5.74, 6) is 0.0879. The Kier molecular flexibility index (Phi) is 5.60. The molecule has 0 unspecified atom stereocenters. The molecule has 0 amide bonds. The Morgan fingerprint density at radius 3 is 2.94 bits per heavy atom. The molecule has 0 aromatic carbocycles. The summed E-state index contributed by atoms with van der Waals surface area (Å²) < 4.78 is 5.47. The molecule has 0 aromatic heterocycles. The molecule has 0 radical (unpaired) electrons. The number of hydrogen-bond acceptors (Lipinski definition) is 3. The Bertz CT molecular complexity index is 322. The summed E-state index contributed by atoms with van der Waals surface area (Å²) in [5, 5.41) is 9.94. The first kappa shape index (κ1) is 15.0. The minimum absolute atomic E-state index is 0. The highest BCUT2D eigenvalue weighted by Gasteiger charge is 2.42.